The number of rotatable bonds is 3. The van der Waals surface area contributed by atoms with Crippen LogP contribution >= 0.6 is 0 Å². The lowest BCUT2D eigenvalue weighted by Gasteiger charge is -2.32. The zero-order chi connectivity index (χ0) is 23.5. The molecule has 0 unspecified atom stereocenters. The Morgan fingerprint density at radius 1 is 0.588 bits per heavy atom. The van der Waals surface area contributed by atoms with E-state index in [1.54, 1.807) is 0 Å². The summed E-state index contributed by atoms with van der Waals surface area (Å²) >= 11 is 0. The molecule has 5 aromatic rings. The molecule has 4 heteroatoms. The molecule has 0 spiro atoms. The third-order valence-electron chi connectivity index (χ3n) is 7.46. The molecule has 34 heavy (non-hydrogen) atoms. The first-order valence-corrected chi connectivity index (χ1v) is 11.9. The summed E-state index contributed by atoms with van der Waals surface area (Å²) in [5.74, 6) is 0. The van der Waals surface area contributed by atoms with Gasteiger partial charge in [0.15, 0.2) is 0 Å². The summed E-state index contributed by atoms with van der Waals surface area (Å²) in [4.78, 5) is 0. The molecule has 2 heterocycles. The van der Waals surface area contributed by atoms with Crippen LogP contribution in [0.5, 0.6) is 0 Å². The topological polar surface area (TPSA) is 23.4 Å². The highest BCUT2D eigenvalue weighted by Crippen LogP contribution is 2.37. The Morgan fingerprint density at radius 3 is 1.88 bits per heavy atom. The minimum absolute atomic E-state index is 0.341. The number of hydrogen-bond acceptors (Lipinski definition) is 2. The summed E-state index contributed by atoms with van der Waals surface area (Å²) in [7, 11) is -0.345. The van der Waals surface area contributed by atoms with Crippen molar-refractivity contribution in [3.63, 3.8) is 0 Å². The molecule has 1 saturated heterocycles. The van der Waals surface area contributed by atoms with Gasteiger partial charge < -0.3 is 13.9 Å². The zero-order valence-corrected chi connectivity index (χ0v) is 20.1. The first-order chi connectivity index (χ1) is 16.3. The number of benzene rings is 4. The summed E-state index contributed by atoms with van der Waals surface area (Å²) in [6.07, 6.45) is 0. The van der Waals surface area contributed by atoms with Gasteiger partial charge in [-0.1, -0.05) is 72.8 Å². The van der Waals surface area contributed by atoms with Gasteiger partial charge in [0.1, 0.15) is 0 Å². The Bertz CT molecular complexity index is 1480. The molecule has 0 N–H and O–H groups in total. The molecule has 4 aromatic carbocycles. The van der Waals surface area contributed by atoms with Crippen LogP contribution < -0.4 is 5.46 Å². The maximum atomic E-state index is 6.23. The fraction of sp³-hybridized carbons (Fsp3) is 0.200. The Labute approximate surface area is 201 Å². The fourth-order valence-electron chi connectivity index (χ4n) is 4.82. The van der Waals surface area contributed by atoms with E-state index in [2.05, 4.69) is 129 Å². The highest BCUT2D eigenvalue weighted by molar-refractivity contribution is 6.62. The fourth-order valence-corrected chi connectivity index (χ4v) is 4.82. The summed E-state index contributed by atoms with van der Waals surface area (Å²) in [5, 5.41) is 2.53. The maximum Gasteiger partial charge on any atom is 0.494 e. The van der Waals surface area contributed by atoms with Gasteiger partial charge >= 0.3 is 7.12 Å². The quantitative estimate of drug-likeness (QED) is 0.287. The second-order valence-corrected chi connectivity index (χ2v) is 10.1. The van der Waals surface area contributed by atoms with E-state index in [-0.39, 0.29) is 18.3 Å². The molecule has 3 nitrogen and oxygen atoms in total. The van der Waals surface area contributed by atoms with E-state index >= 15 is 0 Å². The summed E-state index contributed by atoms with van der Waals surface area (Å²) in [6, 6.07) is 34.5. The van der Waals surface area contributed by atoms with E-state index in [0.29, 0.717) is 0 Å². The number of hydrogen-bond donors (Lipinski definition) is 0. The number of fused-ring (bicyclic) bond motifs is 3. The Hall–Kier alpha value is -3.34. The second kappa shape index (κ2) is 7.59. The SMILES string of the molecule is CC1(C)OB(c2ccc(-c3ccc4c5ccccc5n(-c5ccccc5)c4c3)cc2)OC1(C)C. The van der Waals surface area contributed by atoms with E-state index < -0.39 is 0 Å². The van der Waals surface area contributed by atoms with Crippen molar-refractivity contribution in [1.29, 1.82) is 0 Å². The van der Waals surface area contributed by atoms with Gasteiger partial charge in [0.05, 0.1) is 22.2 Å². The summed E-state index contributed by atoms with van der Waals surface area (Å²) < 4.78 is 14.8. The van der Waals surface area contributed by atoms with Crippen LogP contribution in [0.3, 0.4) is 0 Å². The minimum Gasteiger partial charge on any atom is -0.399 e. The smallest absolute Gasteiger partial charge is 0.399 e. The molecular formula is C30H28BNO2. The van der Waals surface area contributed by atoms with Gasteiger partial charge in [-0.15, -0.1) is 0 Å². The van der Waals surface area contributed by atoms with Gasteiger partial charge in [-0.25, -0.2) is 0 Å². The van der Waals surface area contributed by atoms with Crippen molar-refractivity contribution in [1.82, 2.24) is 4.57 Å². The maximum absolute atomic E-state index is 6.23. The zero-order valence-electron chi connectivity index (χ0n) is 20.1. The molecule has 1 aromatic heterocycles. The first-order valence-electron chi connectivity index (χ1n) is 11.9. The average molecular weight is 445 g/mol. The van der Waals surface area contributed by atoms with E-state index in [1.807, 2.05) is 0 Å². The van der Waals surface area contributed by atoms with Crippen molar-refractivity contribution in [2.24, 2.45) is 0 Å². The third kappa shape index (κ3) is 3.29. The molecule has 6 rings (SSSR count). The van der Waals surface area contributed by atoms with Gasteiger partial charge in [0, 0.05) is 16.5 Å². The standard InChI is InChI=1S/C30H28BNO2/c1-29(2)30(3,4)34-31(33-29)23-17-14-21(15-18-23)22-16-19-26-25-12-8-9-13-27(25)32(28(26)20-22)24-10-6-5-7-11-24/h5-20H,1-4H3. The van der Waals surface area contributed by atoms with Crippen LogP contribution in [0.15, 0.2) is 97.1 Å². The van der Waals surface area contributed by atoms with Crippen LogP contribution in [0.2, 0.25) is 0 Å². The lowest BCUT2D eigenvalue weighted by molar-refractivity contribution is 0.00578. The molecule has 0 amide bonds. The number of aromatic nitrogens is 1. The predicted molar refractivity (Wildman–Crippen MR) is 142 cm³/mol. The van der Waals surface area contributed by atoms with Crippen molar-refractivity contribution in [2.45, 2.75) is 38.9 Å². The van der Waals surface area contributed by atoms with Crippen LogP contribution in [-0.4, -0.2) is 22.9 Å². The molecule has 0 bridgehead atoms. The Balaban J connectivity index is 1.42. The normalized spacial score (nSPS) is 17.0. The highest BCUT2D eigenvalue weighted by Gasteiger charge is 2.51. The van der Waals surface area contributed by atoms with Crippen LogP contribution in [0.25, 0.3) is 38.6 Å². The van der Waals surface area contributed by atoms with E-state index in [1.165, 1.54) is 38.6 Å². The van der Waals surface area contributed by atoms with Gasteiger partial charge in [-0.3, -0.25) is 0 Å². The largest absolute Gasteiger partial charge is 0.494 e. The second-order valence-electron chi connectivity index (χ2n) is 10.1. The monoisotopic (exact) mass is 445 g/mol. The van der Waals surface area contributed by atoms with Crippen molar-refractivity contribution < 1.29 is 9.31 Å². The van der Waals surface area contributed by atoms with Gasteiger partial charge in [-0.05, 0) is 68.6 Å². The molecule has 0 saturated carbocycles. The van der Waals surface area contributed by atoms with Gasteiger partial charge in [0.25, 0.3) is 0 Å². The van der Waals surface area contributed by atoms with Gasteiger partial charge in [-0.2, -0.15) is 0 Å². The summed E-state index contributed by atoms with van der Waals surface area (Å²) in [6.45, 7) is 8.34. The number of nitrogens with zero attached hydrogens (tertiary/aromatic N) is 1. The van der Waals surface area contributed by atoms with Crippen molar-refractivity contribution >= 4 is 34.4 Å². The molecule has 1 aliphatic rings. The Kier molecular flexibility index (Phi) is 4.74. The molecule has 1 fully saturated rings. The molecule has 0 atom stereocenters. The lowest BCUT2D eigenvalue weighted by atomic mass is 9.78. The molecule has 168 valence electrons. The van der Waals surface area contributed by atoms with Crippen LogP contribution in [0.1, 0.15) is 27.7 Å². The number of para-hydroxylation sites is 2. The first kappa shape index (κ1) is 21.2. The molecule has 0 radical (unpaired) electrons. The summed E-state index contributed by atoms with van der Waals surface area (Å²) in [5.41, 5.74) is 6.32. The lowest BCUT2D eigenvalue weighted by Crippen LogP contribution is -2.41. The predicted octanol–water partition coefficient (Wildman–Crippen LogP) is 6.75. The van der Waals surface area contributed by atoms with E-state index in [9.17, 15) is 0 Å². The van der Waals surface area contributed by atoms with Crippen LogP contribution in [0, 0.1) is 0 Å². The Morgan fingerprint density at radius 2 is 1.18 bits per heavy atom. The highest BCUT2D eigenvalue weighted by atomic mass is 16.7. The van der Waals surface area contributed by atoms with Crippen LogP contribution in [-0.2, 0) is 9.31 Å². The average Bonchev–Trinajstić information content (AvgIpc) is 3.29. The van der Waals surface area contributed by atoms with E-state index in [0.717, 1.165) is 5.46 Å². The van der Waals surface area contributed by atoms with Crippen LogP contribution in [0.4, 0.5) is 0 Å². The molecule has 1 aliphatic heterocycles. The minimum atomic E-state index is -0.345. The van der Waals surface area contributed by atoms with Crippen molar-refractivity contribution in [2.75, 3.05) is 0 Å². The van der Waals surface area contributed by atoms with E-state index in [4.69, 9.17) is 9.31 Å². The van der Waals surface area contributed by atoms with Crippen molar-refractivity contribution in [3.05, 3.63) is 97.1 Å². The van der Waals surface area contributed by atoms with Gasteiger partial charge in [0.2, 0.25) is 0 Å². The molecule has 0 aliphatic carbocycles. The van der Waals surface area contributed by atoms with Crippen molar-refractivity contribution in [3.8, 4) is 16.8 Å². The third-order valence-corrected chi connectivity index (χ3v) is 7.46. The molecular weight excluding hydrogens is 417 g/mol.